The Morgan fingerprint density at radius 3 is 3.00 bits per heavy atom. The van der Waals surface area contributed by atoms with Crippen LogP contribution in [0.3, 0.4) is 0 Å². The first kappa shape index (κ1) is 12.8. The van der Waals surface area contributed by atoms with Gasteiger partial charge in [0.1, 0.15) is 30.1 Å². The molecule has 0 spiro atoms. The molecule has 2 N–H and O–H groups in total. The molecule has 0 amide bonds. The Morgan fingerprint density at radius 2 is 2.25 bits per heavy atom. The van der Waals surface area contributed by atoms with Gasteiger partial charge < -0.3 is 20.3 Å². The van der Waals surface area contributed by atoms with Crippen LogP contribution in [-0.4, -0.2) is 38.0 Å². The van der Waals surface area contributed by atoms with Crippen LogP contribution >= 0.6 is 0 Å². The third-order valence-corrected chi connectivity index (χ3v) is 3.22. The molecule has 5 nitrogen and oxygen atoms in total. The van der Waals surface area contributed by atoms with E-state index >= 15 is 0 Å². The van der Waals surface area contributed by atoms with Crippen LogP contribution in [0.25, 0.3) is 0 Å². The average molecular weight is 276 g/mol. The lowest BCUT2D eigenvalue weighted by Gasteiger charge is -2.33. The largest absolute Gasteiger partial charge is 0.474 e. The molecule has 0 radical (unpaired) electrons. The molecule has 106 valence electrons. The maximum atomic E-state index is 13.4. The molecular weight excluding hydrogens is 259 g/mol. The highest BCUT2D eigenvalue weighted by molar-refractivity contribution is 5.95. The van der Waals surface area contributed by atoms with E-state index in [2.05, 4.69) is 15.6 Å². The molecule has 1 unspecified atom stereocenters. The fourth-order valence-corrected chi connectivity index (χ4v) is 2.30. The smallest absolute Gasteiger partial charge is 0.239 e. The number of morpholine rings is 1. The van der Waals surface area contributed by atoms with Gasteiger partial charge in [0.25, 0.3) is 0 Å². The second-order valence-corrected chi connectivity index (χ2v) is 4.93. The maximum absolute atomic E-state index is 13.4. The minimum Gasteiger partial charge on any atom is -0.474 e. The van der Waals surface area contributed by atoms with E-state index in [0.29, 0.717) is 12.5 Å². The second kappa shape index (κ2) is 5.03. The van der Waals surface area contributed by atoms with Gasteiger partial charge in [-0.1, -0.05) is 12.1 Å². The summed E-state index contributed by atoms with van der Waals surface area (Å²) in [5.41, 5.74) is 1.62. The number of nitrogens with one attached hydrogen (secondary N) is 2. The molecule has 3 rings (SSSR count). The second-order valence-electron chi connectivity index (χ2n) is 4.93. The van der Waals surface area contributed by atoms with E-state index in [1.807, 2.05) is 25.1 Å². The first-order valence-corrected chi connectivity index (χ1v) is 6.53. The molecule has 2 aliphatic heterocycles. The first-order valence-electron chi connectivity index (χ1n) is 6.53. The molecule has 6 heteroatoms. The van der Waals surface area contributed by atoms with E-state index in [1.165, 1.54) is 12.1 Å². The number of benzene rings is 1. The van der Waals surface area contributed by atoms with Crippen molar-refractivity contribution in [2.75, 3.05) is 27.2 Å². The van der Waals surface area contributed by atoms with E-state index in [0.717, 1.165) is 23.6 Å². The molecular formula is C14H17FN4O. The van der Waals surface area contributed by atoms with Gasteiger partial charge in [0.2, 0.25) is 5.90 Å². The molecule has 1 aromatic carbocycles. The van der Waals surface area contributed by atoms with Crippen LogP contribution in [0.15, 0.2) is 40.8 Å². The third kappa shape index (κ3) is 2.29. The maximum Gasteiger partial charge on any atom is 0.239 e. The van der Waals surface area contributed by atoms with Gasteiger partial charge in [0.15, 0.2) is 0 Å². The summed E-state index contributed by atoms with van der Waals surface area (Å²) in [6, 6.07) is 6.43. The average Bonchev–Trinajstić information content (AvgIpc) is 2.46. The summed E-state index contributed by atoms with van der Waals surface area (Å²) in [4.78, 5) is 6.47. The van der Waals surface area contributed by atoms with Crippen LogP contribution < -0.4 is 10.6 Å². The summed E-state index contributed by atoms with van der Waals surface area (Å²) in [5.74, 6) is 1.20. The SMILES string of the molecule is CN(C)C1=C2NCCOC2=NC(c2cccc(F)c2)N1. The topological polar surface area (TPSA) is 48.9 Å². The zero-order valence-corrected chi connectivity index (χ0v) is 11.5. The summed E-state index contributed by atoms with van der Waals surface area (Å²) >= 11 is 0. The molecule has 1 aromatic rings. The fraction of sp³-hybridized carbons (Fsp3) is 0.357. The first-order chi connectivity index (χ1) is 9.65. The zero-order valence-electron chi connectivity index (χ0n) is 11.5. The van der Waals surface area contributed by atoms with Gasteiger partial charge in [0.05, 0.1) is 0 Å². The van der Waals surface area contributed by atoms with E-state index in [-0.39, 0.29) is 12.0 Å². The Balaban J connectivity index is 1.97. The lowest BCUT2D eigenvalue weighted by molar-refractivity contribution is 0.268. The fourth-order valence-electron chi connectivity index (χ4n) is 2.30. The van der Waals surface area contributed by atoms with Crippen molar-refractivity contribution in [3.63, 3.8) is 0 Å². The van der Waals surface area contributed by atoms with Crippen molar-refractivity contribution in [1.82, 2.24) is 15.5 Å². The van der Waals surface area contributed by atoms with Gasteiger partial charge in [-0.2, -0.15) is 0 Å². The number of fused-ring (bicyclic) bond motifs is 1. The number of hydrogen-bond donors (Lipinski definition) is 2. The molecule has 1 fully saturated rings. The van der Waals surface area contributed by atoms with Gasteiger partial charge in [-0.3, -0.25) is 0 Å². The van der Waals surface area contributed by atoms with Crippen molar-refractivity contribution in [2.45, 2.75) is 6.17 Å². The highest BCUT2D eigenvalue weighted by atomic mass is 19.1. The van der Waals surface area contributed by atoms with Crippen LogP contribution in [0.5, 0.6) is 0 Å². The summed E-state index contributed by atoms with van der Waals surface area (Å²) in [6.07, 6.45) is -0.346. The Labute approximate surface area is 117 Å². The molecule has 2 aliphatic rings. The molecule has 0 bridgehead atoms. The normalized spacial score (nSPS) is 21.1. The number of aliphatic imine (C=N–C) groups is 1. The van der Waals surface area contributed by atoms with Crippen molar-refractivity contribution in [3.05, 3.63) is 47.2 Å². The van der Waals surface area contributed by atoms with Crippen LogP contribution in [-0.2, 0) is 4.74 Å². The van der Waals surface area contributed by atoms with Crippen LogP contribution in [0.4, 0.5) is 4.39 Å². The quantitative estimate of drug-likeness (QED) is 0.851. The van der Waals surface area contributed by atoms with E-state index in [4.69, 9.17) is 4.74 Å². The monoisotopic (exact) mass is 276 g/mol. The van der Waals surface area contributed by atoms with E-state index in [9.17, 15) is 4.39 Å². The summed E-state index contributed by atoms with van der Waals surface area (Å²) < 4.78 is 19.0. The standard InChI is InChI=1S/C14H17FN4O/c1-19(2)13-11-14(20-7-6-16-11)18-12(17-13)9-4-3-5-10(15)8-9/h3-5,8,12,16-17H,6-7H2,1-2H3. The predicted octanol–water partition coefficient (Wildman–Crippen LogP) is 1.18. The highest BCUT2D eigenvalue weighted by Crippen LogP contribution is 2.24. The molecule has 2 heterocycles. The van der Waals surface area contributed by atoms with Gasteiger partial charge in [-0.05, 0) is 17.7 Å². The summed E-state index contributed by atoms with van der Waals surface area (Å²) in [6.45, 7) is 1.33. The predicted molar refractivity (Wildman–Crippen MR) is 74.4 cm³/mol. The lowest BCUT2D eigenvalue weighted by Crippen LogP contribution is -2.44. The number of nitrogens with zero attached hydrogens (tertiary/aromatic N) is 2. The van der Waals surface area contributed by atoms with Gasteiger partial charge in [0, 0.05) is 20.6 Å². The van der Waals surface area contributed by atoms with Crippen LogP contribution in [0.1, 0.15) is 11.7 Å². The molecule has 1 saturated heterocycles. The van der Waals surface area contributed by atoms with E-state index in [1.54, 1.807) is 6.07 Å². The van der Waals surface area contributed by atoms with Gasteiger partial charge in [-0.15, -0.1) is 0 Å². The number of rotatable bonds is 2. The van der Waals surface area contributed by atoms with Crippen molar-refractivity contribution in [3.8, 4) is 0 Å². The van der Waals surface area contributed by atoms with Gasteiger partial charge in [-0.25, -0.2) is 9.38 Å². The highest BCUT2D eigenvalue weighted by Gasteiger charge is 2.28. The molecule has 0 aliphatic carbocycles. The summed E-state index contributed by atoms with van der Waals surface area (Å²) in [5, 5.41) is 6.59. The van der Waals surface area contributed by atoms with Crippen molar-refractivity contribution >= 4 is 5.90 Å². The van der Waals surface area contributed by atoms with E-state index < -0.39 is 0 Å². The Hall–Kier alpha value is -2.24. The Morgan fingerprint density at radius 1 is 1.40 bits per heavy atom. The minimum absolute atomic E-state index is 0.270. The van der Waals surface area contributed by atoms with Crippen LogP contribution in [0.2, 0.25) is 0 Å². The van der Waals surface area contributed by atoms with Crippen molar-refractivity contribution in [2.24, 2.45) is 4.99 Å². The number of hydrogen-bond acceptors (Lipinski definition) is 5. The van der Waals surface area contributed by atoms with Crippen molar-refractivity contribution in [1.29, 1.82) is 0 Å². The van der Waals surface area contributed by atoms with Crippen LogP contribution in [0, 0.1) is 5.82 Å². The summed E-state index contributed by atoms with van der Waals surface area (Å²) in [7, 11) is 3.88. The third-order valence-electron chi connectivity index (χ3n) is 3.22. The Kier molecular flexibility index (Phi) is 3.22. The zero-order chi connectivity index (χ0) is 14.1. The molecule has 0 saturated carbocycles. The number of ether oxygens (including phenoxy) is 1. The van der Waals surface area contributed by atoms with Crippen molar-refractivity contribution < 1.29 is 9.13 Å². The Bertz CT molecular complexity index is 582. The molecule has 0 aromatic heterocycles. The lowest BCUT2D eigenvalue weighted by atomic mass is 10.1. The molecule has 20 heavy (non-hydrogen) atoms. The van der Waals surface area contributed by atoms with Gasteiger partial charge >= 0.3 is 0 Å². The molecule has 1 atom stereocenters. The number of halogens is 1. The minimum atomic E-state index is -0.346.